The summed E-state index contributed by atoms with van der Waals surface area (Å²) in [7, 11) is 0. The summed E-state index contributed by atoms with van der Waals surface area (Å²) >= 11 is 3.07. The van der Waals surface area contributed by atoms with Gasteiger partial charge in [0.05, 0.1) is 21.6 Å². The normalized spacial score (nSPS) is 13.3. The topological polar surface area (TPSA) is 73.1 Å². The van der Waals surface area contributed by atoms with E-state index in [1.165, 1.54) is 6.07 Å². The van der Waals surface area contributed by atoms with Gasteiger partial charge >= 0.3 is 5.97 Å². The van der Waals surface area contributed by atoms with E-state index in [0.717, 1.165) is 12.8 Å². The molecule has 0 aliphatic rings. The van der Waals surface area contributed by atoms with Gasteiger partial charge in [-0.1, -0.05) is 13.3 Å². The Balaban J connectivity index is 2.56. The molecule has 2 atom stereocenters. The summed E-state index contributed by atoms with van der Waals surface area (Å²) in [6.45, 7) is 3.59. The number of aliphatic carboxylic acids is 1. The number of nitrogens with one attached hydrogen (secondary N) is 1. The van der Waals surface area contributed by atoms with Gasteiger partial charge in [0.1, 0.15) is 6.07 Å². The molecule has 0 aliphatic carbocycles. The first-order valence-corrected chi connectivity index (χ1v) is 7.53. The van der Waals surface area contributed by atoms with Crippen LogP contribution in [0.15, 0.2) is 16.6 Å². The monoisotopic (exact) mass is 356 g/mol. The van der Waals surface area contributed by atoms with E-state index in [2.05, 4.69) is 21.2 Å². The van der Waals surface area contributed by atoms with Crippen LogP contribution in [-0.4, -0.2) is 17.1 Å². The van der Waals surface area contributed by atoms with Crippen molar-refractivity contribution in [3.8, 4) is 6.07 Å². The number of carboxylic acid groups (broad SMARTS) is 1. The minimum atomic E-state index is -0.794. The van der Waals surface area contributed by atoms with Crippen molar-refractivity contribution in [2.75, 3.05) is 5.32 Å². The maximum absolute atomic E-state index is 14.0. The van der Waals surface area contributed by atoms with Crippen LogP contribution in [0.4, 0.5) is 10.1 Å². The van der Waals surface area contributed by atoms with E-state index in [1.807, 2.05) is 13.0 Å². The zero-order valence-electron chi connectivity index (χ0n) is 12.0. The van der Waals surface area contributed by atoms with Gasteiger partial charge in [0.15, 0.2) is 5.82 Å². The molecule has 2 N–H and O–H groups in total. The molecular weight excluding hydrogens is 339 g/mol. The number of nitrogens with zero attached hydrogens (tertiary/aromatic N) is 1. The molecule has 0 radical (unpaired) electrons. The van der Waals surface area contributed by atoms with Gasteiger partial charge in [-0.05, 0) is 47.8 Å². The predicted octanol–water partition coefficient (Wildman–Crippen LogP) is 4.15. The first kappa shape index (κ1) is 17.4. The summed E-state index contributed by atoms with van der Waals surface area (Å²) in [6, 6.07) is 5.00. The number of anilines is 1. The zero-order chi connectivity index (χ0) is 16.0. The zero-order valence-corrected chi connectivity index (χ0v) is 13.6. The lowest BCUT2D eigenvalue weighted by molar-refractivity contribution is -0.141. The second-order valence-corrected chi connectivity index (χ2v) is 5.91. The molecule has 1 rings (SSSR count). The second kappa shape index (κ2) is 7.99. The van der Waals surface area contributed by atoms with Crippen molar-refractivity contribution in [1.29, 1.82) is 5.26 Å². The maximum Gasteiger partial charge on any atom is 0.306 e. The summed E-state index contributed by atoms with van der Waals surface area (Å²) in [6.07, 6.45) is 2.09. The molecule has 0 saturated heterocycles. The number of rotatable bonds is 7. The molecule has 0 amide bonds. The van der Waals surface area contributed by atoms with Crippen LogP contribution in [0.25, 0.3) is 0 Å². The van der Waals surface area contributed by atoms with Crippen molar-refractivity contribution in [2.45, 2.75) is 39.2 Å². The molecular formula is C15H18BrFN2O2. The van der Waals surface area contributed by atoms with Crippen molar-refractivity contribution >= 4 is 27.6 Å². The molecule has 6 heteroatoms. The summed E-state index contributed by atoms with van der Waals surface area (Å²) in [4.78, 5) is 10.7. The molecule has 114 valence electrons. The Labute approximate surface area is 132 Å². The van der Waals surface area contributed by atoms with E-state index in [1.54, 1.807) is 13.0 Å². The molecule has 0 aromatic heterocycles. The number of benzene rings is 1. The highest BCUT2D eigenvalue weighted by molar-refractivity contribution is 9.10. The molecule has 0 saturated carbocycles. The van der Waals surface area contributed by atoms with Crippen LogP contribution in [0.5, 0.6) is 0 Å². The molecule has 21 heavy (non-hydrogen) atoms. The fraction of sp³-hybridized carbons (Fsp3) is 0.467. The van der Waals surface area contributed by atoms with Gasteiger partial charge in [0.2, 0.25) is 0 Å². The standard InChI is InChI=1S/C15H18BrFN2O2/c1-9(15(20)21)4-3-5-10(2)19-12-7-6-11(8-18)13(16)14(12)17/h6-7,9-10,19H,3-5H2,1-2H3,(H,20,21). The summed E-state index contributed by atoms with van der Waals surface area (Å²) in [5, 5.41) is 20.7. The summed E-state index contributed by atoms with van der Waals surface area (Å²) < 4.78 is 14.2. The number of nitriles is 1. The van der Waals surface area contributed by atoms with Crippen molar-refractivity contribution < 1.29 is 14.3 Å². The van der Waals surface area contributed by atoms with E-state index in [4.69, 9.17) is 10.4 Å². The third kappa shape index (κ3) is 5.01. The Morgan fingerprint density at radius 1 is 1.48 bits per heavy atom. The average Bonchev–Trinajstić information content (AvgIpc) is 2.44. The van der Waals surface area contributed by atoms with Gasteiger partial charge in [0.25, 0.3) is 0 Å². The van der Waals surface area contributed by atoms with Crippen molar-refractivity contribution in [3.05, 3.63) is 28.0 Å². The number of hydrogen-bond acceptors (Lipinski definition) is 3. The van der Waals surface area contributed by atoms with E-state index < -0.39 is 11.8 Å². The van der Waals surface area contributed by atoms with Crippen LogP contribution in [0.3, 0.4) is 0 Å². The lowest BCUT2D eigenvalue weighted by Crippen LogP contribution is -2.17. The number of carboxylic acids is 1. The largest absolute Gasteiger partial charge is 0.481 e. The smallest absolute Gasteiger partial charge is 0.306 e. The van der Waals surface area contributed by atoms with E-state index in [9.17, 15) is 9.18 Å². The molecule has 4 nitrogen and oxygen atoms in total. The minimum Gasteiger partial charge on any atom is -0.481 e. The van der Waals surface area contributed by atoms with Gasteiger partial charge in [-0.2, -0.15) is 5.26 Å². The molecule has 2 unspecified atom stereocenters. The Hall–Kier alpha value is -1.61. The van der Waals surface area contributed by atoms with Gasteiger partial charge in [-0.25, -0.2) is 4.39 Å². The quantitative estimate of drug-likeness (QED) is 0.769. The molecule has 0 fully saturated rings. The van der Waals surface area contributed by atoms with Crippen LogP contribution >= 0.6 is 15.9 Å². The Bertz CT molecular complexity index is 557. The number of carbonyl (C=O) groups is 1. The molecule has 1 aromatic rings. The number of hydrogen-bond donors (Lipinski definition) is 2. The van der Waals surface area contributed by atoms with Crippen LogP contribution in [0.2, 0.25) is 0 Å². The fourth-order valence-electron chi connectivity index (χ4n) is 1.94. The van der Waals surface area contributed by atoms with Gasteiger partial charge in [-0.3, -0.25) is 4.79 Å². The van der Waals surface area contributed by atoms with Crippen LogP contribution in [-0.2, 0) is 4.79 Å². The predicted molar refractivity (Wildman–Crippen MR) is 82.6 cm³/mol. The van der Waals surface area contributed by atoms with Crippen molar-refractivity contribution in [3.63, 3.8) is 0 Å². The van der Waals surface area contributed by atoms with Crippen LogP contribution in [0, 0.1) is 23.1 Å². The van der Waals surface area contributed by atoms with E-state index in [-0.39, 0.29) is 22.0 Å². The van der Waals surface area contributed by atoms with Crippen LogP contribution < -0.4 is 5.32 Å². The third-order valence-corrected chi connectivity index (χ3v) is 4.08. The number of halogens is 2. The fourth-order valence-corrected chi connectivity index (χ4v) is 2.37. The van der Waals surface area contributed by atoms with Gasteiger partial charge < -0.3 is 10.4 Å². The lowest BCUT2D eigenvalue weighted by Gasteiger charge is -2.17. The Morgan fingerprint density at radius 3 is 2.71 bits per heavy atom. The highest BCUT2D eigenvalue weighted by Crippen LogP contribution is 2.27. The SMILES string of the molecule is CC(CCCC(C)C(=O)O)Nc1ccc(C#N)c(Br)c1F. The highest BCUT2D eigenvalue weighted by atomic mass is 79.9. The van der Waals surface area contributed by atoms with E-state index >= 15 is 0 Å². The van der Waals surface area contributed by atoms with E-state index in [0.29, 0.717) is 12.1 Å². The Morgan fingerprint density at radius 2 is 2.14 bits per heavy atom. The van der Waals surface area contributed by atoms with Crippen molar-refractivity contribution in [1.82, 2.24) is 0 Å². The van der Waals surface area contributed by atoms with Gasteiger partial charge in [-0.15, -0.1) is 0 Å². The highest BCUT2D eigenvalue weighted by Gasteiger charge is 2.14. The summed E-state index contributed by atoms with van der Waals surface area (Å²) in [5.74, 6) is -1.64. The first-order chi connectivity index (χ1) is 9.86. The third-order valence-electron chi connectivity index (χ3n) is 3.30. The molecule has 1 aromatic carbocycles. The summed E-state index contributed by atoms with van der Waals surface area (Å²) in [5.41, 5.74) is 0.584. The molecule has 0 bridgehead atoms. The van der Waals surface area contributed by atoms with Crippen molar-refractivity contribution in [2.24, 2.45) is 5.92 Å². The second-order valence-electron chi connectivity index (χ2n) is 5.12. The Kier molecular flexibility index (Phi) is 6.63. The molecule has 0 aliphatic heterocycles. The maximum atomic E-state index is 14.0. The lowest BCUT2D eigenvalue weighted by atomic mass is 10.0. The molecule has 0 heterocycles. The average molecular weight is 357 g/mol. The van der Waals surface area contributed by atoms with Crippen LogP contribution in [0.1, 0.15) is 38.7 Å². The molecule has 0 spiro atoms. The minimum absolute atomic E-state index is 0.0142. The van der Waals surface area contributed by atoms with Gasteiger partial charge in [0, 0.05) is 6.04 Å². The first-order valence-electron chi connectivity index (χ1n) is 6.74.